The number of nitrogens with one attached hydrogen (secondary N) is 1. The summed E-state index contributed by atoms with van der Waals surface area (Å²) in [5.74, 6) is -0.765. The number of nitrogens with zero attached hydrogens (tertiary/aromatic N) is 1. The van der Waals surface area contributed by atoms with Gasteiger partial charge >= 0.3 is 12.1 Å². The van der Waals surface area contributed by atoms with Gasteiger partial charge in [0.1, 0.15) is 12.6 Å². The average Bonchev–Trinajstić information content (AvgIpc) is 2.85. The first-order chi connectivity index (χ1) is 11.1. The first-order valence-corrected chi connectivity index (χ1v) is 7.16. The normalized spacial score (nSPS) is 23.8. The molecule has 23 heavy (non-hydrogen) atoms. The summed E-state index contributed by atoms with van der Waals surface area (Å²) in [6.07, 6.45) is 0.730. The van der Waals surface area contributed by atoms with E-state index in [1.54, 1.807) is 0 Å². The van der Waals surface area contributed by atoms with E-state index in [4.69, 9.17) is 4.74 Å². The number of hydrogen-bond donors (Lipinski definition) is 1. The van der Waals surface area contributed by atoms with Gasteiger partial charge in [-0.3, -0.25) is 9.69 Å². The molecule has 2 saturated heterocycles. The molecule has 0 aromatic heterocycles. The molecule has 0 spiro atoms. The third-order valence-corrected chi connectivity index (χ3v) is 3.91. The van der Waals surface area contributed by atoms with Crippen LogP contribution in [0.5, 0.6) is 0 Å². The van der Waals surface area contributed by atoms with Crippen LogP contribution in [0.2, 0.25) is 0 Å². The molecule has 2 heterocycles. The Hall–Kier alpha value is -2.83. The molecule has 0 aliphatic carbocycles. The maximum atomic E-state index is 12.2. The number of benzene rings is 1. The molecule has 2 amide bonds. The summed E-state index contributed by atoms with van der Waals surface area (Å²) >= 11 is 0. The van der Waals surface area contributed by atoms with Crippen LogP contribution in [0.25, 0.3) is 0 Å². The molecule has 2 fully saturated rings. The second-order valence-electron chi connectivity index (χ2n) is 5.34. The average molecular weight is 316 g/mol. The fourth-order valence-electron chi connectivity index (χ4n) is 2.71. The molecule has 7 heteroatoms. The van der Waals surface area contributed by atoms with Gasteiger partial charge in [0.25, 0.3) is 0 Å². The fourth-order valence-corrected chi connectivity index (χ4v) is 2.71. The van der Waals surface area contributed by atoms with Crippen molar-refractivity contribution in [1.29, 1.82) is 0 Å². The Morgan fingerprint density at radius 2 is 2.09 bits per heavy atom. The van der Waals surface area contributed by atoms with Gasteiger partial charge < -0.3 is 14.8 Å². The molecule has 3 rings (SSSR count). The van der Waals surface area contributed by atoms with Crippen molar-refractivity contribution >= 4 is 18.0 Å². The summed E-state index contributed by atoms with van der Waals surface area (Å²) in [5, 5.41) is 2.68. The van der Waals surface area contributed by atoms with Crippen molar-refractivity contribution in [2.75, 3.05) is 13.7 Å². The number of esters is 1. The lowest BCUT2D eigenvalue weighted by atomic mass is 9.96. The van der Waals surface area contributed by atoms with E-state index in [2.05, 4.69) is 10.1 Å². The minimum Gasteiger partial charge on any atom is -0.466 e. The van der Waals surface area contributed by atoms with Crippen molar-refractivity contribution in [3.05, 3.63) is 47.5 Å². The number of carbonyl (C=O) groups excluding carboxylic acids is 3. The highest BCUT2D eigenvalue weighted by atomic mass is 16.6. The van der Waals surface area contributed by atoms with Gasteiger partial charge in [-0.05, 0) is 11.1 Å². The summed E-state index contributed by atoms with van der Waals surface area (Å²) < 4.78 is 9.84. The Morgan fingerprint density at radius 3 is 2.74 bits per heavy atom. The van der Waals surface area contributed by atoms with Crippen LogP contribution in [0, 0.1) is 0 Å². The zero-order valence-corrected chi connectivity index (χ0v) is 12.5. The lowest BCUT2D eigenvalue weighted by Crippen LogP contribution is -2.65. The van der Waals surface area contributed by atoms with E-state index in [1.807, 2.05) is 30.3 Å². The minimum absolute atomic E-state index is 0.130. The molecule has 7 nitrogen and oxygen atoms in total. The first kappa shape index (κ1) is 15.1. The van der Waals surface area contributed by atoms with Crippen LogP contribution in [0.15, 0.2) is 42.0 Å². The van der Waals surface area contributed by atoms with E-state index in [9.17, 15) is 14.4 Å². The lowest BCUT2D eigenvalue weighted by molar-refractivity contribution is -0.135. The predicted octanol–water partition coefficient (Wildman–Crippen LogP) is 0.605. The highest BCUT2D eigenvalue weighted by Gasteiger charge is 2.53. The van der Waals surface area contributed by atoms with E-state index >= 15 is 0 Å². The predicted molar refractivity (Wildman–Crippen MR) is 79.2 cm³/mol. The van der Waals surface area contributed by atoms with Crippen LogP contribution in [0.4, 0.5) is 4.79 Å². The Morgan fingerprint density at radius 1 is 1.35 bits per heavy atom. The van der Waals surface area contributed by atoms with Gasteiger partial charge in [0.15, 0.2) is 0 Å². The van der Waals surface area contributed by atoms with Crippen LogP contribution in [-0.2, 0) is 25.7 Å². The van der Waals surface area contributed by atoms with E-state index in [0.717, 1.165) is 5.56 Å². The SMILES string of the molecule is COC(=O)/C=C1\CN(C(=O)OCc2ccccc2)[C@@H]2C(=O)NC12. The number of ether oxygens (including phenoxy) is 2. The third kappa shape index (κ3) is 2.90. The fraction of sp³-hybridized carbons (Fsp3) is 0.312. The summed E-state index contributed by atoms with van der Waals surface area (Å²) in [6.45, 7) is 0.294. The largest absolute Gasteiger partial charge is 0.466 e. The third-order valence-electron chi connectivity index (χ3n) is 3.91. The highest BCUT2D eigenvalue weighted by Crippen LogP contribution is 2.30. The number of fused-ring (bicyclic) bond motifs is 1. The molecular formula is C16H16N2O5. The topological polar surface area (TPSA) is 84.9 Å². The number of amides is 2. The number of hydrogen-bond acceptors (Lipinski definition) is 5. The smallest absolute Gasteiger partial charge is 0.411 e. The van der Waals surface area contributed by atoms with Crippen molar-refractivity contribution in [3.8, 4) is 0 Å². The van der Waals surface area contributed by atoms with Gasteiger partial charge in [-0.25, -0.2) is 9.59 Å². The lowest BCUT2D eigenvalue weighted by Gasteiger charge is -2.34. The van der Waals surface area contributed by atoms with Crippen LogP contribution < -0.4 is 5.32 Å². The highest BCUT2D eigenvalue weighted by molar-refractivity contribution is 5.96. The van der Waals surface area contributed by atoms with Gasteiger partial charge in [-0.15, -0.1) is 0 Å². The maximum absolute atomic E-state index is 12.2. The van der Waals surface area contributed by atoms with Crippen molar-refractivity contribution in [2.24, 2.45) is 0 Å². The Bertz CT molecular complexity index is 670. The molecule has 0 bridgehead atoms. The zero-order valence-electron chi connectivity index (χ0n) is 12.5. The second-order valence-corrected chi connectivity index (χ2v) is 5.34. The summed E-state index contributed by atoms with van der Waals surface area (Å²) in [5.41, 5.74) is 1.50. The van der Waals surface area contributed by atoms with Crippen LogP contribution in [0.1, 0.15) is 5.56 Å². The first-order valence-electron chi connectivity index (χ1n) is 7.16. The molecule has 2 atom stereocenters. The van der Waals surface area contributed by atoms with Gasteiger partial charge in [-0.1, -0.05) is 30.3 Å². The summed E-state index contributed by atoms with van der Waals surface area (Å²) in [4.78, 5) is 36.6. The van der Waals surface area contributed by atoms with E-state index in [-0.39, 0.29) is 25.1 Å². The number of carbonyl (C=O) groups is 3. The molecule has 1 aromatic carbocycles. The Balaban J connectivity index is 1.67. The molecule has 2 aliphatic rings. The maximum Gasteiger partial charge on any atom is 0.411 e. The van der Waals surface area contributed by atoms with Crippen molar-refractivity contribution < 1.29 is 23.9 Å². The molecule has 1 N–H and O–H groups in total. The van der Waals surface area contributed by atoms with Gasteiger partial charge in [-0.2, -0.15) is 0 Å². The number of β-lactam (4-membered cyclic amide) rings is 1. The molecule has 0 saturated carbocycles. The van der Waals surface area contributed by atoms with Gasteiger partial charge in [0.2, 0.25) is 5.91 Å². The Labute approximate surface area is 132 Å². The second kappa shape index (κ2) is 6.12. The monoisotopic (exact) mass is 316 g/mol. The van der Waals surface area contributed by atoms with Crippen LogP contribution in [-0.4, -0.2) is 48.6 Å². The molecule has 1 aromatic rings. The van der Waals surface area contributed by atoms with E-state index in [0.29, 0.717) is 5.57 Å². The van der Waals surface area contributed by atoms with E-state index < -0.39 is 18.1 Å². The number of methoxy groups -OCH3 is 1. The number of likely N-dealkylation sites (tertiary alicyclic amines) is 1. The minimum atomic E-state index is -0.617. The van der Waals surface area contributed by atoms with E-state index in [1.165, 1.54) is 18.1 Å². The zero-order chi connectivity index (χ0) is 16.4. The molecule has 2 aliphatic heterocycles. The van der Waals surface area contributed by atoms with Crippen molar-refractivity contribution in [3.63, 3.8) is 0 Å². The summed E-state index contributed by atoms with van der Waals surface area (Å²) in [7, 11) is 1.27. The standard InChI is InChI=1S/C16H16N2O5/c1-22-12(19)7-11-8-18(14-13(11)17-15(14)20)16(21)23-9-10-5-3-2-4-6-10/h2-7,13-14H,8-9H2,1H3,(H,17,20)/b11-7+/t13?,14-/m0/s1. The molecule has 0 radical (unpaired) electrons. The van der Waals surface area contributed by atoms with Crippen LogP contribution in [0.3, 0.4) is 0 Å². The van der Waals surface area contributed by atoms with Crippen molar-refractivity contribution in [2.45, 2.75) is 18.7 Å². The Kier molecular flexibility index (Phi) is 4.01. The quantitative estimate of drug-likeness (QED) is 0.501. The van der Waals surface area contributed by atoms with Crippen LogP contribution >= 0.6 is 0 Å². The number of rotatable bonds is 3. The summed E-state index contributed by atoms with van der Waals surface area (Å²) in [6, 6.07) is 8.31. The van der Waals surface area contributed by atoms with Crippen molar-refractivity contribution in [1.82, 2.24) is 10.2 Å². The van der Waals surface area contributed by atoms with Gasteiger partial charge in [0, 0.05) is 12.6 Å². The molecular weight excluding hydrogens is 300 g/mol. The molecule has 1 unspecified atom stereocenters. The van der Waals surface area contributed by atoms with Gasteiger partial charge in [0.05, 0.1) is 13.2 Å². The molecule has 120 valence electrons.